The smallest absolute Gasteiger partial charge is 0.150 e. The number of phenolic OH excluding ortho intramolecular Hbond substituents is 1. The molecule has 40 heavy (non-hydrogen) atoms. The molecular formula is C34H45N3O3. The normalized spacial score (nSPS) is 11.1. The molecule has 0 amide bonds. The third kappa shape index (κ3) is 8.60. The van der Waals surface area contributed by atoms with Crippen LogP contribution in [0.1, 0.15) is 65.7 Å². The fourth-order valence-corrected chi connectivity index (χ4v) is 4.11. The predicted octanol–water partition coefficient (Wildman–Crippen LogP) is 8.95. The Kier molecular flexibility index (Phi) is 10.1. The van der Waals surface area contributed by atoms with Gasteiger partial charge in [-0.1, -0.05) is 55.0 Å². The first kappa shape index (κ1) is 31.9. The van der Waals surface area contributed by atoms with Gasteiger partial charge in [-0.05, 0) is 102 Å². The molecule has 0 heterocycles. The summed E-state index contributed by atoms with van der Waals surface area (Å²) in [5.74, 6) is 3.13. The molecule has 4 rings (SSSR count). The van der Waals surface area contributed by atoms with Crippen molar-refractivity contribution < 1.29 is 14.6 Å². The van der Waals surface area contributed by atoms with Crippen molar-refractivity contribution in [1.29, 1.82) is 0 Å². The first-order chi connectivity index (χ1) is 18.1. The molecule has 0 saturated carbocycles. The van der Waals surface area contributed by atoms with E-state index in [1.54, 1.807) is 42.5 Å². The van der Waals surface area contributed by atoms with Gasteiger partial charge >= 0.3 is 0 Å². The van der Waals surface area contributed by atoms with Crippen molar-refractivity contribution in [1.82, 2.24) is 0 Å². The standard InChI is InChI=1S/C17H22N2O.C16H19NO2.CH4/c1-11-5-7-13(10-14(11)17(2,3)4)20-16-8-6-12(18)9-15(16)19;1-16(2,3)14-10-13(8-9-15(14)18)19-12-6-4-11(17)5-7-12;/h5-10H,18-19H2,1-4H3;4-10,18H,17H2,1-3H3;1H4. The van der Waals surface area contributed by atoms with Crippen molar-refractivity contribution in [2.45, 2.75) is 66.7 Å². The molecule has 0 unspecified atom stereocenters. The molecule has 0 fully saturated rings. The number of hydrogen-bond acceptors (Lipinski definition) is 6. The van der Waals surface area contributed by atoms with Crippen molar-refractivity contribution in [3.8, 4) is 28.7 Å². The van der Waals surface area contributed by atoms with Crippen LogP contribution in [0, 0.1) is 6.92 Å². The number of phenols is 1. The van der Waals surface area contributed by atoms with Crippen molar-refractivity contribution in [2.24, 2.45) is 0 Å². The summed E-state index contributed by atoms with van der Waals surface area (Å²) in [7, 11) is 0. The van der Waals surface area contributed by atoms with Gasteiger partial charge in [0, 0.05) is 16.9 Å². The molecule has 0 aliphatic heterocycles. The van der Waals surface area contributed by atoms with Crippen LogP contribution in [0.4, 0.5) is 17.1 Å². The Morgan fingerprint density at radius 2 is 1.07 bits per heavy atom. The lowest BCUT2D eigenvalue weighted by Gasteiger charge is -2.22. The Morgan fingerprint density at radius 3 is 1.65 bits per heavy atom. The van der Waals surface area contributed by atoms with E-state index in [0.717, 1.165) is 17.1 Å². The van der Waals surface area contributed by atoms with Crippen LogP contribution in [0.3, 0.4) is 0 Å². The molecule has 0 radical (unpaired) electrons. The SMILES string of the molecule is C.CC(C)(C)c1cc(Oc2ccc(N)cc2)ccc1O.Cc1ccc(Oc2ccc(N)cc2N)cc1C(C)(C)C. The Labute approximate surface area is 239 Å². The predicted molar refractivity (Wildman–Crippen MR) is 170 cm³/mol. The Balaban J connectivity index is 0.000000274. The average molecular weight is 544 g/mol. The summed E-state index contributed by atoms with van der Waals surface area (Å²) in [6, 6.07) is 23.9. The van der Waals surface area contributed by atoms with Gasteiger partial charge in [-0.3, -0.25) is 0 Å². The van der Waals surface area contributed by atoms with E-state index in [1.807, 2.05) is 24.3 Å². The van der Waals surface area contributed by atoms with Crippen molar-refractivity contribution in [2.75, 3.05) is 17.2 Å². The molecule has 214 valence electrons. The molecule has 0 aliphatic rings. The van der Waals surface area contributed by atoms with E-state index < -0.39 is 0 Å². The van der Waals surface area contributed by atoms with Crippen LogP contribution < -0.4 is 26.7 Å². The second-order valence-electron chi connectivity index (χ2n) is 11.7. The van der Waals surface area contributed by atoms with Gasteiger partial charge in [-0.25, -0.2) is 0 Å². The number of anilines is 3. The summed E-state index contributed by atoms with van der Waals surface area (Å²) >= 11 is 0. The minimum absolute atomic E-state index is 0. The van der Waals surface area contributed by atoms with Crippen molar-refractivity contribution in [3.63, 3.8) is 0 Å². The molecule has 0 aromatic heterocycles. The monoisotopic (exact) mass is 543 g/mol. The Bertz CT molecular complexity index is 1420. The van der Waals surface area contributed by atoms with Crippen LogP contribution in [-0.2, 0) is 10.8 Å². The molecule has 4 aromatic rings. The Hall–Kier alpha value is -4.32. The fourth-order valence-electron chi connectivity index (χ4n) is 4.11. The highest BCUT2D eigenvalue weighted by Crippen LogP contribution is 2.35. The van der Waals surface area contributed by atoms with Crippen molar-refractivity contribution >= 4 is 17.1 Å². The molecule has 6 nitrogen and oxygen atoms in total. The number of rotatable bonds is 4. The minimum Gasteiger partial charge on any atom is -0.508 e. The van der Waals surface area contributed by atoms with Gasteiger partial charge in [-0.15, -0.1) is 0 Å². The molecule has 0 atom stereocenters. The van der Waals surface area contributed by atoms with Crippen molar-refractivity contribution in [3.05, 3.63) is 95.6 Å². The van der Waals surface area contributed by atoms with Crippen LogP contribution >= 0.6 is 0 Å². The highest BCUT2D eigenvalue weighted by Gasteiger charge is 2.19. The van der Waals surface area contributed by atoms with E-state index in [1.165, 1.54) is 11.1 Å². The molecule has 0 saturated heterocycles. The van der Waals surface area contributed by atoms with Gasteiger partial charge in [0.2, 0.25) is 0 Å². The molecule has 4 aromatic carbocycles. The number of ether oxygens (including phenoxy) is 2. The van der Waals surface area contributed by atoms with E-state index in [-0.39, 0.29) is 24.0 Å². The quantitative estimate of drug-likeness (QED) is 0.191. The maximum atomic E-state index is 9.90. The van der Waals surface area contributed by atoms with Crippen LogP contribution in [-0.4, -0.2) is 5.11 Å². The summed E-state index contributed by atoms with van der Waals surface area (Å²) in [6.45, 7) is 14.8. The van der Waals surface area contributed by atoms with E-state index >= 15 is 0 Å². The van der Waals surface area contributed by atoms with Gasteiger partial charge in [0.15, 0.2) is 0 Å². The second-order valence-corrected chi connectivity index (χ2v) is 11.7. The highest BCUT2D eigenvalue weighted by atomic mass is 16.5. The summed E-state index contributed by atoms with van der Waals surface area (Å²) in [4.78, 5) is 0. The zero-order valence-electron chi connectivity index (χ0n) is 24.0. The largest absolute Gasteiger partial charge is 0.508 e. The van der Waals surface area contributed by atoms with Gasteiger partial charge in [-0.2, -0.15) is 0 Å². The number of nitrogens with two attached hydrogens (primary N) is 3. The maximum Gasteiger partial charge on any atom is 0.150 e. The lowest BCUT2D eigenvalue weighted by Crippen LogP contribution is -2.13. The van der Waals surface area contributed by atoms with Crippen LogP contribution in [0.5, 0.6) is 28.7 Å². The van der Waals surface area contributed by atoms with E-state index in [2.05, 4.69) is 60.6 Å². The molecule has 0 bridgehead atoms. The number of aryl methyl sites for hydroxylation is 1. The van der Waals surface area contributed by atoms with Crippen LogP contribution in [0.2, 0.25) is 0 Å². The minimum atomic E-state index is -0.134. The topological polar surface area (TPSA) is 117 Å². The molecular weight excluding hydrogens is 498 g/mol. The molecule has 0 aliphatic carbocycles. The van der Waals surface area contributed by atoms with Gasteiger partial charge in [0.1, 0.15) is 28.7 Å². The maximum absolute atomic E-state index is 9.90. The van der Waals surface area contributed by atoms with Crippen LogP contribution in [0.15, 0.2) is 78.9 Å². The number of nitrogen functional groups attached to an aromatic ring is 3. The summed E-state index contributed by atoms with van der Waals surface area (Å²) in [6.07, 6.45) is 0. The molecule has 6 heteroatoms. The van der Waals surface area contributed by atoms with E-state index in [0.29, 0.717) is 28.6 Å². The summed E-state index contributed by atoms with van der Waals surface area (Å²) in [5, 5.41) is 9.90. The number of aromatic hydroxyl groups is 1. The van der Waals surface area contributed by atoms with Gasteiger partial charge < -0.3 is 31.8 Å². The zero-order valence-corrected chi connectivity index (χ0v) is 24.0. The van der Waals surface area contributed by atoms with E-state index in [9.17, 15) is 5.11 Å². The highest BCUT2D eigenvalue weighted by molar-refractivity contribution is 5.61. The fraction of sp³-hybridized carbons (Fsp3) is 0.294. The second kappa shape index (κ2) is 12.7. The lowest BCUT2D eigenvalue weighted by atomic mass is 9.84. The average Bonchev–Trinajstić information content (AvgIpc) is 2.83. The van der Waals surface area contributed by atoms with Gasteiger partial charge in [0.05, 0.1) is 5.69 Å². The summed E-state index contributed by atoms with van der Waals surface area (Å²) < 4.78 is 11.6. The number of hydrogen-bond donors (Lipinski definition) is 4. The zero-order chi connectivity index (χ0) is 29.0. The number of benzene rings is 4. The molecule has 0 spiro atoms. The van der Waals surface area contributed by atoms with Gasteiger partial charge in [0.25, 0.3) is 0 Å². The third-order valence-corrected chi connectivity index (χ3v) is 6.17. The third-order valence-electron chi connectivity index (χ3n) is 6.17. The first-order valence-corrected chi connectivity index (χ1v) is 12.9. The van der Waals surface area contributed by atoms with E-state index in [4.69, 9.17) is 26.7 Å². The molecule has 7 N–H and O–H groups in total. The lowest BCUT2D eigenvalue weighted by molar-refractivity contribution is 0.438. The van der Waals surface area contributed by atoms with Crippen LogP contribution in [0.25, 0.3) is 0 Å². The first-order valence-electron chi connectivity index (χ1n) is 12.9. The summed E-state index contributed by atoms with van der Waals surface area (Å²) in [5.41, 5.74) is 22.5. The Morgan fingerprint density at radius 1 is 0.575 bits per heavy atom.